The molecule has 0 aliphatic rings. The number of rotatable bonds is 9. The molecule has 3 nitrogen and oxygen atoms in total. The quantitative estimate of drug-likeness (QED) is 0.663. The SMILES string of the molecule is CCCCCCCC(C)Nc1cccc(C(=O)NC)c1. The van der Waals surface area contributed by atoms with Gasteiger partial charge in [-0.15, -0.1) is 0 Å². The smallest absolute Gasteiger partial charge is 0.251 e. The Bertz CT molecular complexity index is 404. The molecule has 0 aromatic heterocycles. The van der Waals surface area contributed by atoms with Crippen LogP contribution >= 0.6 is 0 Å². The minimum atomic E-state index is -0.0409. The van der Waals surface area contributed by atoms with E-state index < -0.39 is 0 Å². The molecule has 0 spiro atoms. The Morgan fingerprint density at radius 1 is 1.20 bits per heavy atom. The molecule has 0 aliphatic heterocycles. The lowest BCUT2D eigenvalue weighted by atomic mass is 10.1. The molecule has 0 aliphatic carbocycles. The van der Waals surface area contributed by atoms with Crippen LogP contribution in [-0.4, -0.2) is 19.0 Å². The summed E-state index contributed by atoms with van der Waals surface area (Å²) in [5.74, 6) is -0.0409. The van der Waals surface area contributed by atoms with Gasteiger partial charge in [0.05, 0.1) is 0 Å². The number of carbonyl (C=O) groups excluding carboxylic acids is 1. The van der Waals surface area contributed by atoms with Gasteiger partial charge in [-0.3, -0.25) is 4.79 Å². The Morgan fingerprint density at radius 3 is 2.65 bits per heavy atom. The van der Waals surface area contributed by atoms with Crippen molar-refractivity contribution in [1.82, 2.24) is 5.32 Å². The Kier molecular flexibility index (Phi) is 7.78. The number of nitrogens with one attached hydrogen (secondary N) is 2. The van der Waals surface area contributed by atoms with Crippen LogP contribution in [0.5, 0.6) is 0 Å². The van der Waals surface area contributed by atoms with Crippen LogP contribution in [0, 0.1) is 0 Å². The van der Waals surface area contributed by atoms with E-state index in [1.807, 2.05) is 24.3 Å². The molecular weight excluding hydrogens is 248 g/mol. The lowest BCUT2D eigenvalue weighted by molar-refractivity contribution is 0.0963. The fourth-order valence-electron chi connectivity index (χ4n) is 2.31. The third-order valence-electron chi connectivity index (χ3n) is 3.51. The normalized spacial score (nSPS) is 11.9. The van der Waals surface area contributed by atoms with E-state index in [9.17, 15) is 4.79 Å². The van der Waals surface area contributed by atoms with E-state index in [0.29, 0.717) is 11.6 Å². The van der Waals surface area contributed by atoms with Gasteiger partial charge >= 0.3 is 0 Å². The summed E-state index contributed by atoms with van der Waals surface area (Å²) in [7, 11) is 1.65. The van der Waals surface area contributed by atoms with Crippen LogP contribution in [0.15, 0.2) is 24.3 Å². The maximum Gasteiger partial charge on any atom is 0.251 e. The number of hydrogen-bond acceptors (Lipinski definition) is 2. The molecule has 2 N–H and O–H groups in total. The van der Waals surface area contributed by atoms with Crippen molar-refractivity contribution in [3.05, 3.63) is 29.8 Å². The monoisotopic (exact) mass is 276 g/mol. The van der Waals surface area contributed by atoms with Crippen LogP contribution in [-0.2, 0) is 0 Å². The fourth-order valence-corrected chi connectivity index (χ4v) is 2.31. The summed E-state index contributed by atoms with van der Waals surface area (Å²) in [6.45, 7) is 4.44. The molecule has 0 radical (unpaired) electrons. The van der Waals surface area contributed by atoms with Crippen LogP contribution in [0.1, 0.15) is 62.7 Å². The largest absolute Gasteiger partial charge is 0.383 e. The summed E-state index contributed by atoms with van der Waals surface area (Å²) in [6.07, 6.45) is 7.74. The van der Waals surface area contributed by atoms with Gasteiger partial charge in [0.15, 0.2) is 0 Å². The summed E-state index contributed by atoms with van der Waals surface area (Å²) in [5.41, 5.74) is 1.72. The van der Waals surface area contributed by atoms with Crippen molar-refractivity contribution in [2.24, 2.45) is 0 Å². The standard InChI is InChI=1S/C17H28N2O/c1-4-5-6-7-8-10-14(2)19-16-12-9-11-15(13-16)17(20)18-3/h9,11-14,19H,4-8,10H2,1-3H3,(H,18,20). The average molecular weight is 276 g/mol. The van der Waals surface area contributed by atoms with Gasteiger partial charge < -0.3 is 10.6 Å². The Hall–Kier alpha value is -1.51. The molecule has 1 aromatic carbocycles. The number of benzene rings is 1. The molecule has 112 valence electrons. The Balaban J connectivity index is 2.37. The first-order valence-electron chi connectivity index (χ1n) is 7.76. The second-order valence-electron chi connectivity index (χ2n) is 5.41. The molecule has 1 amide bonds. The van der Waals surface area contributed by atoms with E-state index in [1.165, 1.54) is 38.5 Å². The second-order valence-corrected chi connectivity index (χ2v) is 5.41. The molecule has 0 heterocycles. The van der Waals surface area contributed by atoms with Crippen molar-refractivity contribution in [2.45, 2.75) is 58.4 Å². The molecular formula is C17H28N2O. The topological polar surface area (TPSA) is 41.1 Å². The molecule has 20 heavy (non-hydrogen) atoms. The zero-order valence-corrected chi connectivity index (χ0v) is 13.0. The molecule has 0 fully saturated rings. The lowest BCUT2D eigenvalue weighted by Crippen LogP contribution is -2.19. The highest BCUT2D eigenvalue weighted by Crippen LogP contribution is 2.14. The van der Waals surface area contributed by atoms with Gasteiger partial charge in [-0.2, -0.15) is 0 Å². The van der Waals surface area contributed by atoms with E-state index in [1.54, 1.807) is 7.05 Å². The van der Waals surface area contributed by atoms with Gasteiger partial charge in [0.1, 0.15) is 0 Å². The highest BCUT2D eigenvalue weighted by atomic mass is 16.1. The van der Waals surface area contributed by atoms with Crippen LogP contribution in [0.2, 0.25) is 0 Å². The summed E-state index contributed by atoms with van der Waals surface area (Å²) < 4.78 is 0. The Labute approximate surface area is 123 Å². The van der Waals surface area contributed by atoms with Crippen molar-refractivity contribution in [1.29, 1.82) is 0 Å². The van der Waals surface area contributed by atoms with Crippen molar-refractivity contribution in [2.75, 3.05) is 12.4 Å². The highest BCUT2D eigenvalue weighted by molar-refractivity contribution is 5.94. The van der Waals surface area contributed by atoms with E-state index in [2.05, 4.69) is 24.5 Å². The fraction of sp³-hybridized carbons (Fsp3) is 0.588. The first-order chi connectivity index (χ1) is 9.67. The van der Waals surface area contributed by atoms with Gasteiger partial charge in [0, 0.05) is 24.3 Å². The maximum absolute atomic E-state index is 11.6. The van der Waals surface area contributed by atoms with E-state index in [4.69, 9.17) is 0 Å². The molecule has 1 atom stereocenters. The molecule has 1 rings (SSSR count). The summed E-state index contributed by atoms with van der Waals surface area (Å²) in [6, 6.07) is 8.11. The summed E-state index contributed by atoms with van der Waals surface area (Å²) >= 11 is 0. The van der Waals surface area contributed by atoms with Crippen LogP contribution in [0.3, 0.4) is 0 Å². The minimum absolute atomic E-state index is 0.0409. The number of hydrogen-bond donors (Lipinski definition) is 2. The van der Waals surface area contributed by atoms with E-state index >= 15 is 0 Å². The van der Waals surface area contributed by atoms with Gasteiger partial charge in [-0.25, -0.2) is 0 Å². The maximum atomic E-state index is 11.6. The average Bonchev–Trinajstić information content (AvgIpc) is 2.46. The summed E-state index contributed by atoms with van der Waals surface area (Å²) in [5, 5.41) is 6.12. The third-order valence-corrected chi connectivity index (χ3v) is 3.51. The highest BCUT2D eigenvalue weighted by Gasteiger charge is 2.06. The van der Waals surface area contributed by atoms with Crippen LogP contribution < -0.4 is 10.6 Å². The first kappa shape index (κ1) is 16.5. The zero-order chi connectivity index (χ0) is 14.8. The van der Waals surface area contributed by atoms with E-state index in [-0.39, 0.29) is 5.91 Å². The predicted molar refractivity (Wildman–Crippen MR) is 86.3 cm³/mol. The van der Waals surface area contributed by atoms with E-state index in [0.717, 1.165) is 5.69 Å². The predicted octanol–water partition coefficient (Wildman–Crippen LogP) is 4.21. The van der Waals surface area contributed by atoms with Crippen molar-refractivity contribution in [3.63, 3.8) is 0 Å². The first-order valence-corrected chi connectivity index (χ1v) is 7.76. The molecule has 1 aromatic rings. The van der Waals surface area contributed by atoms with Gasteiger partial charge in [-0.1, -0.05) is 45.1 Å². The molecule has 1 unspecified atom stereocenters. The van der Waals surface area contributed by atoms with Crippen molar-refractivity contribution < 1.29 is 4.79 Å². The second kappa shape index (κ2) is 9.40. The molecule has 0 saturated heterocycles. The molecule has 0 saturated carbocycles. The lowest BCUT2D eigenvalue weighted by Gasteiger charge is -2.15. The van der Waals surface area contributed by atoms with Gasteiger partial charge in [0.2, 0.25) is 0 Å². The number of unbranched alkanes of at least 4 members (excludes halogenated alkanes) is 4. The third kappa shape index (κ3) is 6.09. The van der Waals surface area contributed by atoms with Gasteiger partial charge in [0.25, 0.3) is 5.91 Å². The number of carbonyl (C=O) groups is 1. The van der Waals surface area contributed by atoms with Crippen LogP contribution in [0.4, 0.5) is 5.69 Å². The Morgan fingerprint density at radius 2 is 1.95 bits per heavy atom. The summed E-state index contributed by atoms with van der Waals surface area (Å²) in [4.78, 5) is 11.6. The zero-order valence-electron chi connectivity index (χ0n) is 13.0. The molecule has 0 bridgehead atoms. The minimum Gasteiger partial charge on any atom is -0.383 e. The van der Waals surface area contributed by atoms with Crippen molar-refractivity contribution in [3.8, 4) is 0 Å². The number of anilines is 1. The number of amides is 1. The molecule has 3 heteroatoms. The van der Waals surface area contributed by atoms with Crippen LogP contribution in [0.25, 0.3) is 0 Å². The van der Waals surface area contributed by atoms with Crippen molar-refractivity contribution >= 4 is 11.6 Å². The van der Waals surface area contributed by atoms with Gasteiger partial charge in [-0.05, 0) is 31.5 Å².